The van der Waals surface area contributed by atoms with E-state index in [1.54, 1.807) is 18.2 Å². The van der Waals surface area contributed by atoms with E-state index in [2.05, 4.69) is 4.98 Å². The van der Waals surface area contributed by atoms with Crippen LogP contribution in [0.4, 0.5) is 0 Å². The second-order valence-electron chi connectivity index (χ2n) is 3.72. The molecule has 1 aromatic carbocycles. The number of hydrogen-bond donors (Lipinski definition) is 1. The number of carboxylic acids is 1. The number of carbonyl (C=O) groups excluding carboxylic acids is 1. The topological polar surface area (TPSA) is 67.3 Å². The number of Topliss-reactive ketones (excluding diaryl/α,β-unsaturated/α-hetero) is 1. The molecule has 0 aliphatic heterocycles. The lowest BCUT2D eigenvalue weighted by molar-refractivity contribution is 0.0687. The number of ketones is 1. The molecule has 0 amide bonds. The summed E-state index contributed by atoms with van der Waals surface area (Å²) >= 11 is 12.8. The van der Waals surface area contributed by atoms with Gasteiger partial charge in [0.05, 0.1) is 0 Å². The molecular formula is C12H7Cl2NO3S. The van der Waals surface area contributed by atoms with E-state index in [0.717, 1.165) is 11.3 Å². The van der Waals surface area contributed by atoms with Crippen molar-refractivity contribution in [3.05, 3.63) is 38.8 Å². The van der Waals surface area contributed by atoms with Gasteiger partial charge >= 0.3 is 5.97 Å². The molecule has 98 valence electrons. The van der Waals surface area contributed by atoms with Crippen LogP contribution in [0.1, 0.15) is 27.1 Å². The molecule has 0 saturated carbocycles. The van der Waals surface area contributed by atoms with Gasteiger partial charge in [0.1, 0.15) is 9.88 Å². The van der Waals surface area contributed by atoms with E-state index >= 15 is 0 Å². The van der Waals surface area contributed by atoms with Gasteiger partial charge in [-0.3, -0.25) is 4.79 Å². The van der Waals surface area contributed by atoms with Gasteiger partial charge in [-0.2, -0.15) is 0 Å². The summed E-state index contributed by atoms with van der Waals surface area (Å²) in [6, 6.07) is 4.79. The predicted molar refractivity (Wildman–Crippen MR) is 74.5 cm³/mol. The lowest BCUT2D eigenvalue weighted by Gasteiger charge is -1.98. The second-order valence-corrected chi connectivity index (χ2v) is 5.59. The molecule has 2 rings (SSSR count). The van der Waals surface area contributed by atoms with Gasteiger partial charge in [0.15, 0.2) is 11.5 Å². The molecule has 1 N–H and O–H groups in total. The Morgan fingerprint density at radius 2 is 1.79 bits per heavy atom. The van der Waals surface area contributed by atoms with Gasteiger partial charge in [0.25, 0.3) is 0 Å². The van der Waals surface area contributed by atoms with Gasteiger partial charge in [0, 0.05) is 22.5 Å². The van der Waals surface area contributed by atoms with E-state index in [0.29, 0.717) is 20.6 Å². The van der Waals surface area contributed by atoms with Crippen molar-refractivity contribution in [2.45, 2.75) is 6.92 Å². The average Bonchev–Trinajstić information content (AvgIpc) is 2.72. The van der Waals surface area contributed by atoms with E-state index in [1.165, 1.54) is 6.92 Å². The summed E-state index contributed by atoms with van der Waals surface area (Å²) < 4.78 is 0. The third kappa shape index (κ3) is 2.94. The van der Waals surface area contributed by atoms with Crippen molar-refractivity contribution in [2.75, 3.05) is 0 Å². The number of nitrogens with zero attached hydrogens (tertiary/aromatic N) is 1. The quantitative estimate of drug-likeness (QED) is 0.869. The van der Waals surface area contributed by atoms with Crippen LogP contribution in [0.5, 0.6) is 0 Å². The minimum Gasteiger partial charge on any atom is -0.476 e. The maximum atomic E-state index is 11.4. The number of thiazole rings is 1. The summed E-state index contributed by atoms with van der Waals surface area (Å²) in [4.78, 5) is 26.5. The third-order valence-electron chi connectivity index (χ3n) is 2.26. The Balaban J connectivity index is 2.60. The Morgan fingerprint density at radius 3 is 2.21 bits per heavy atom. The van der Waals surface area contributed by atoms with E-state index in [-0.39, 0.29) is 16.4 Å². The molecule has 0 saturated heterocycles. The van der Waals surface area contributed by atoms with Crippen molar-refractivity contribution in [1.82, 2.24) is 4.98 Å². The summed E-state index contributed by atoms with van der Waals surface area (Å²) in [5.74, 6) is -1.57. The number of halogens is 2. The van der Waals surface area contributed by atoms with Crippen molar-refractivity contribution >= 4 is 46.3 Å². The van der Waals surface area contributed by atoms with Crippen LogP contribution in [0.3, 0.4) is 0 Å². The molecule has 0 radical (unpaired) electrons. The molecule has 1 aromatic heterocycles. The largest absolute Gasteiger partial charge is 0.476 e. The van der Waals surface area contributed by atoms with Crippen LogP contribution in [0.25, 0.3) is 10.6 Å². The van der Waals surface area contributed by atoms with E-state index in [1.807, 2.05) is 0 Å². The molecular weight excluding hydrogens is 309 g/mol. The van der Waals surface area contributed by atoms with Gasteiger partial charge in [-0.05, 0) is 18.2 Å². The van der Waals surface area contributed by atoms with Crippen LogP contribution in [-0.2, 0) is 0 Å². The smallest absolute Gasteiger partial charge is 0.356 e. The maximum absolute atomic E-state index is 11.4. The summed E-state index contributed by atoms with van der Waals surface area (Å²) in [6.07, 6.45) is 0. The van der Waals surface area contributed by atoms with Crippen LogP contribution in [-0.4, -0.2) is 21.8 Å². The molecule has 0 atom stereocenters. The highest BCUT2D eigenvalue weighted by Crippen LogP contribution is 2.32. The van der Waals surface area contributed by atoms with E-state index < -0.39 is 5.97 Å². The summed E-state index contributed by atoms with van der Waals surface area (Å²) in [6.45, 7) is 1.30. The minimum atomic E-state index is -1.24. The number of rotatable bonds is 3. The van der Waals surface area contributed by atoms with Gasteiger partial charge < -0.3 is 5.11 Å². The van der Waals surface area contributed by atoms with Crippen molar-refractivity contribution in [3.63, 3.8) is 0 Å². The fourth-order valence-corrected chi connectivity index (χ4v) is 2.97. The maximum Gasteiger partial charge on any atom is 0.356 e. The Kier molecular flexibility index (Phi) is 3.89. The predicted octanol–water partition coefficient (Wildman–Crippen LogP) is 4.02. The first kappa shape index (κ1) is 14.0. The summed E-state index contributed by atoms with van der Waals surface area (Å²) in [7, 11) is 0. The highest BCUT2D eigenvalue weighted by atomic mass is 35.5. The zero-order valence-electron chi connectivity index (χ0n) is 9.61. The Morgan fingerprint density at radius 1 is 1.21 bits per heavy atom. The van der Waals surface area contributed by atoms with Crippen LogP contribution < -0.4 is 0 Å². The molecule has 7 heteroatoms. The van der Waals surface area contributed by atoms with E-state index in [9.17, 15) is 9.59 Å². The average molecular weight is 316 g/mol. The van der Waals surface area contributed by atoms with Crippen molar-refractivity contribution in [1.29, 1.82) is 0 Å². The molecule has 2 aromatic rings. The highest BCUT2D eigenvalue weighted by Gasteiger charge is 2.21. The van der Waals surface area contributed by atoms with Crippen molar-refractivity contribution in [2.24, 2.45) is 0 Å². The fraction of sp³-hybridized carbons (Fsp3) is 0.0833. The highest BCUT2D eigenvalue weighted by molar-refractivity contribution is 7.17. The van der Waals surface area contributed by atoms with Crippen molar-refractivity contribution in [3.8, 4) is 10.6 Å². The number of aromatic carboxylic acids is 1. The SMILES string of the molecule is CC(=O)c1sc(-c2cc(Cl)cc(Cl)c2)nc1C(=O)O. The molecule has 0 spiro atoms. The zero-order valence-corrected chi connectivity index (χ0v) is 11.9. The Bertz CT molecular complexity index is 630. The minimum absolute atomic E-state index is 0.110. The molecule has 0 fully saturated rings. The first-order chi connectivity index (χ1) is 8.88. The van der Waals surface area contributed by atoms with Gasteiger partial charge in [-0.1, -0.05) is 23.2 Å². The standard InChI is InChI=1S/C12H7Cl2NO3S/c1-5(16)10-9(12(17)18)15-11(19-10)6-2-7(13)4-8(14)3-6/h2-4H,1H3,(H,17,18). The normalized spacial score (nSPS) is 10.5. The Hall–Kier alpha value is -1.43. The number of carbonyl (C=O) groups is 2. The molecule has 0 bridgehead atoms. The molecule has 0 aliphatic rings. The van der Waals surface area contributed by atoms with E-state index in [4.69, 9.17) is 28.3 Å². The van der Waals surface area contributed by atoms with Crippen LogP contribution in [0, 0.1) is 0 Å². The van der Waals surface area contributed by atoms with Gasteiger partial charge in [-0.15, -0.1) is 11.3 Å². The number of aromatic nitrogens is 1. The lowest BCUT2D eigenvalue weighted by Crippen LogP contribution is -2.03. The second kappa shape index (κ2) is 5.28. The molecule has 0 unspecified atom stereocenters. The molecule has 1 heterocycles. The molecule has 19 heavy (non-hydrogen) atoms. The lowest BCUT2D eigenvalue weighted by atomic mass is 10.2. The van der Waals surface area contributed by atoms with Gasteiger partial charge in [-0.25, -0.2) is 9.78 Å². The summed E-state index contributed by atoms with van der Waals surface area (Å²) in [5.41, 5.74) is 0.334. The zero-order chi connectivity index (χ0) is 14.2. The first-order valence-corrected chi connectivity index (χ1v) is 6.67. The van der Waals surface area contributed by atoms with Gasteiger partial charge in [0.2, 0.25) is 0 Å². The monoisotopic (exact) mass is 315 g/mol. The number of carboxylic acid groups (broad SMARTS) is 1. The number of hydrogen-bond acceptors (Lipinski definition) is 4. The summed E-state index contributed by atoms with van der Waals surface area (Å²) in [5, 5.41) is 10.3. The van der Waals surface area contributed by atoms with Crippen LogP contribution >= 0.6 is 34.5 Å². The Labute approximate surface area is 122 Å². The molecule has 0 aliphatic carbocycles. The third-order valence-corrected chi connectivity index (χ3v) is 3.90. The van der Waals surface area contributed by atoms with Crippen LogP contribution in [0.15, 0.2) is 18.2 Å². The van der Waals surface area contributed by atoms with Crippen LogP contribution in [0.2, 0.25) is 10.0 Å². The van der Waals surface area contributed by atoms with Crippen molar-refractivity contribution < 1.29 is 14.7 Å². The first-order valence-electron chi connectivity index (χ1n) is 5.10. The fourth-order valence-electron chi connectivity index (χ4n) is 1.50. The molecule has 4 nitrogen and oxygen atoms in total. The number of benzene rings is 1.